The van der Waals surface area contributed by atoms with Crippen molar-refractivity contribution in [3.05, 3.63) is 11.7 Å². The Balaban J connectivity index is 1.50. The van der Waals surface area contributed by atoms with Crippen molar-refractivity contribution in [3.8, 4) is 0 Å². The molecule has 4 fully saturated rings. The molecule has 0 radical (unpaired) electrons. The van der Waals surface area contributed by atoms with Crippen LogP contribution in [0.25, 0.3) is 0 Å². The maximum absolute atomic E-state index is 6.06. The predicted molar refractivity (Wildman–Crippen MR) is 77.5 cm³/mol. The first-order valence-electron chi connectivity index (χ1n) is 8.41. The number of nitrogens with zero attached hydrogens (tertiary/aromatic N) is 2. The molecule has 116 valence electrons. The Morgan fingerprint density at radius 2 is 1.86 bits per heavy atom. The summed E-state index contributed by atoms with van der Waals surface area (Å²) in [4.78, 5) is 4.63. The fourth-order valence-corrected chi connectivity index (χ4v) is 5.18. The maximum Gasteiger partial charge on any atom is 0.230 e. The Labute approximate surface area is 125 Å². The van der Waals surface area contributed by atoms with Gasteiger partial charge < -0.3 is 15.0 Å². The van der Waals surface area contributed by atoms with Crippen molar-refractivity contribution in [2.75, 3.05) is 13.2 Å². The molecule has 0 aliphatic heterocycles. The third-order valence-corrected chi connectivity index (χ3v) is 5.80. The van der Waals surface area contributed by atoms with Crippen LogP contribution in [0.2, 0.25) is 0 Å². The van der Waals surface area contributed by atoms with E-state index in [1.165, 1.54) is 32.1 Å². The Morgan fingerprint density at radius 3 is 2.48 bits per heavy atom. The second kappa shape index (κ2) is 5.36. The van der Waals surface area contributed by atoms with Crippen LogP contribution in [0, 0.1) is 23.7 Å². The Hall–Kier alpha value is -0.940. The van der Waals surface area contributed by atoms with E-state index in [2.05, 4.69) is 10.1 Å². The lowest BCUT2D eigenvalue weighted by atomic mass is 9.52. The topological polar surface area (TPSA) is 74.2 Å². The van der Waals surface area contributed by atoms with Gasteiger partial charge in [0.15, 0.2) is 5.82 Å². The third-order valence-electron chi connectivity index (χ3n) is 5.80. The molecule has 21 heavy (non-hydrogen) atoms. The largest absolute Gasteiger partial charge is 0.380 e. The molecule has 1 atom stereocenters. The van der Waals surface area contributed by atoms with Crippen molar-refractivity contribution < 1.29 is 9.26 Å². The predicted octanol–water partition coefficient (Wildman–Crippen LogP) is 2.65. The minimum Gasteiger partial charge on any atom is -0.380 e. The summed E-state index contributed by atoms with van der Waals surface area (Å²) in [5, 5.41) is 4.11. The number of hydrogen-bond acceptors (Lipinski definition) is 5. The number of nitrogens with two attached hydrogens (primary N) is 1. The van der Waals surface area contributed by atoms with Crippen molar-refractivity contribution in [2.24, 2.45) is 29.4 Å². The van der Waals surface area contributed by atoms with E-state index in [-0.39, 0.29) is 6.04 Å². The summed E-state index contributed by atoms with van der Waals surface area (Å²) in [6, 6.07) is -0.278. The molecular formula is C16H25N3O2. The zero-order valence-corrected chi connectivity index (χ0v) is 12.7. The van der Waals surface area contributed by atoms with Crippen LogP contribution in [0.4, 0.5) is 0 Å². The standard InChI is InChI=1S/C16H25N3O2/c1-2-20-8-13(17)15-18-16(21-19-15)14-11-4-9-3-10(6-11)7-12(14)5-9/h9-14H,2-8,17H2,1H3. The monoisotopic (exact) mass is 291 g/mol. The van der Waals surface area contributed by atoms with Gasteiger partial charge in [0.2, 0.25) is 5.89 Å². The second-order valence-corrected chi connectivity index (χ2v) is 7.21. The summed E-state index contributed by atoms with van der Waals surface area (Å²) in [6.45, 7) is 3.08. The van der Waals surface area contributed by atoms with Gasteiger partial charge in [-0.15, -0.1) is 0 Å². The average Bonchev–Trinajstić information content (AvgIpc) is 2.93. The summed E-state index contributed by atoms with van der Waals surface area (Å²) in [5.74, 6) is 5.38. The van der Waals surface area contributed by atoms with Gasteiger partial charge >= 0.3 is 0 Å². The average molecular weight is 291 g/mol. The molecule has 2 N–H and O–H groups in total. The summed E-state index contributed by atoms with van der Waals surface area (Å²) < 4.78 is 10.9. The van der Waals surface area contributed by atoms with Crippen molar-refractivity contribution in [1.29, 1.82) is 0 Å². The van der Waals surface area contributed by atoms with Crippen LogP contribution in [0.15, 0.2) is 4.52 Å². The number of aromatic nitrogens is 2. The van der Waals surface area contributed by atoms with E-state index in [4.69, 9.17) is 15.0 Å². The van der Waals surface area contributed by atoms with Gasteiger partial charge in [-0.05, 0) is 62.7 Å². The van der Waals surface area contributed by atoms with Crippen molar-refractivity contribution in [3.63, 3.8) is 0 Å². The summed E-state index contributed by atoms with van der Waals surface area (Å²) in [7, 11) is 0. The fraction of sp³-hybridized carbons (Fsp3) is 0.875. The molecule has 5 rings (SSSR count). The number of ether oxygens (including phenoxy) is 1. The Bertz CT molecular complexity index is 473. The highest BCUT2D eigenvalue weighted by atomic mass is 16.5. The lowest BCUT2D eigenvalue weighted by Crippen LogP contribution is -2.43. The van der Waals surface area contributed by atoms with E-state index in [0.717, 1.165) is 29.6 Å². The zero-order chi connectivity index (χ0) is 14.4. The van der Waals surface area contributed by atoms with Crippen molar-refractivity contribution >= 4 is 0 Å². The van der Waals surface area contributed by atoms with Gasteiger partial charge in [-0.3, -0.25) is 0 Å². The van der Waals surface area contributed by atoms with E-state index in [0.29, 0.717) is 25.0 Å². The molecule has 4 bridgehead atoms. The quantitative estimate of drug-likeness (QED) is 0.902. The molecule has 4 aliphatic carbocycles. The zero-order valence-electron chi connectivity index (χ0n) is 12.7. The van der Waals surface area contributed by atoms with Crippen LogP contribution in [-0.4, -0.2) is 23.4 Å². The summed E-state index contributed by atoms with van der Waals surface area (Å²) >= 11 is 0. The van der Waals surface area contributed by atoms with E-state index >= 15 is 0 Å². The third kappa shape index (κ3) is 2.40. The molecule has 4 saturated carbocycles. The van der Waals surface area contributed by atoms with Gasteiger partial charge in [0.1, 0.15) is 0 Å². The maximum atomic E-state index is 6.06. The van der Waals surface area contributed by atoms with E-state index < -0.39 is 0 Å². The van der Waals surface area contributed by atoms with Gasteiger partial charge in [-0.25, -0.2) is 0 Å². The molecule has 1 aromatic rings. The normalized spacial score (nSPS) is 38.9. The molecule has 0 spiro atoms. The molecule has 5 heteroatoms. The first kappa shape index (κ1) is 13.7. The Morgan fingerprint density at radius 1 is 1.19 bits per heavy atom. The molecule has 4 aliphatic rings. The van der Waals surface area contributed by atoms with Crippen LogP contribution in [0.5, 0.6) is 0 Å². The minimum atomic E-state index is -0.278. The van der Waals surface area contributed by atoms with Crippen LogP contribution < -0.4 is 5.73 Å². The SMILES string of the molecule is CCOCC(N)c1noc(C2C3CC4CC(C3)CC2C4)n1. The number of rotatable bonds is 5. The first-order chi connectivity index (χ1) is 10.2. The smallest absolute Gasteiger partial charge is 0.230 e. The first-order valence-corrected chi connectivity index (χ1v) is 8.41. The van der Waals surface area contributed by atoms with E-state index in [1.54, 1.807) is 0 Å². The van der Waals surface area contributed by atoms with E-state index in [9.17, 15) is 0 Å². The lowest BCUT2D eigenvalue weighted by molar-refractivity contribution is -0.0131. The highest BCUT2D eigenvalue weighted by Crippen LogP contribution is 2.59. The van der Waals surface area contributed by atoms with Crippen molar-refractivity contribution in [2.45, 2.75) is 51.0 Å². The molecule has 1 heterocycles. The molecule has 1 aromatic heterocycles. The highest BCUT2D eigenvalue weighted by Gasteiger charge is 2.50. The second-order valence-electron chi connectivity index (χ2n) is 7.21. The molecule has 5 nitrogen and oxygen atoms in total. The summed E-state index contributed by atoms with van der Waals surface area (Å²) in [5.41, 5.74) is 6.06. The van der Waals surface area contributed by atoms with Crippen LogP contribution >= 0.6 is 0 Å². The molecule has 0 amide bonds. The lowest BCUT2D eigenvalue weighted by Gasteiger charge is -2.53. The number of hydrogen-bond donors (Lipinski definition) is 1. The van der Waals surface area contributed by atoms with Gasteiger partial charge in [0.25, 0.3) is 0 Å². The molecule has 0 saturated heterocycles. The van der Waals surface area contributed by atoms with Gasteiger partial charge in [-0.2, -0.15) is 4.98 Å². The van der Waals surface area contributed by atoms with Gasteiger partial charge in [0, 0.05) is 12.5 Å². The molecular weight excluding hydrogens is 266 g/mol. The fourth-order valence-electron chi connectivity index (χ4n) is 5.18. The van der Waals surface area contributed by atoms with E-state index in [1.807, 2.05) is 6.92 Å². The minimum absolute atomic E-state index is 0.278. The van der Waals surface area contributed by atoms with Gasteiger partial charge in [-0.1, -0.05) is 5.16 Å². The van der Waals surface area contributed by atoms with Crippen LogP contribution in [0.3, 0.4) is 0 Å². The molecule has 0 aromatic carbocycles. The van der Waals surface area contributed by atoms with Gasteiger partial charge in [0.05, 0.1) is 12.6 Å². The highest BCUT2D eigenvalue weighted by molar-refractivity contribution is 5.09. The molecule has 1 unspecified atom stereocenters. The van der Waals surface area contributed by atoms with Crippen molar-refractivity contribution in [1.82, 2.24) is 10.1 Å². The summed E-state index contributed by atoms with van der Waals surface area (Å²) in [6.07, 6.45) is 6.91. The van der Waals surface area contributed by atoms with Crippen LogP contribution in [-0.2, 0) is 4.74 Å². The van der Waals surface area contributed by atoms with Crippen LogP contribution in [0.1, 0.15) is 62.7 Å². The Kier molecular flexibility index (Phi) is 3.50.